The monoisotopic (exact) mass is 381 g/mol. The molecule has 1 rings (SSSR count). The molecule has 0 aromatic carbocycles. The Labute approximate surface area is 101 Å². The smallest absolute Gasteiger partial charge is 0.239 e. The van der Waals surface area contributed by atoms with Crippen molar-refractivity contribution < 1.29 is 8.78 Å². The second kappa shape index (κ2) is 4.84. The van der Waals surface area contributed by atoms with Crippen LogP contribution in [0.4, 0.5) is 8.78 Å². The van der Waals surface area contributed by atoms with E-state index in [4.69, 9.17) is 11.6 Å². The molecule has 0 fully saturated rings. The van der Waals surface area contributed by atoms with Gasteiger partial charge in [-0.25, -0.2) is 13.8 Å². The lowest BCUT2D eigenvalue weighted by molar-refractivity contribution is 0.150. The van der Waals surface area contributed by atoms with E-state index in [9.17, 15) is 8.78 Å². The van der Waals surface area contributed by atoms with Crippen LogP contribution < -0.4 is 0 Å². The highest BCUT2D eigenvalue weighted by molar-refractivity contribution is 14.1. The summed E-state index contributed by atoms with van der Waals surface area (Å²) in [4.78, 5) is 3.91. The molecule has 6 heteroatoms. The molecule has 0 spiro atoms. The van der Waals surface area contributed by atoms with E-state index in [1.54, 1.807) is 22.6 Å². The lowest BCUT2D eigenvalue weighted by Crippen LogP contribution is -1.96. The average molecular weight is 382 g/mol. The molecule has 1 aromatic rings. The molecule has 1 heterocycles. The number of aromatic nitrogens is 1. The second-order valence-electron chi connectivity index (χ2n) is 2.24. The van der Waals surface area contributed by atoms with Gasteiger partial charge in [-0.15, -0.1) is 0 Å². The van der Waals surface area contributed by atoms with Crippen molar-refractivity contribution in [2.24, 2.45) is 0 Å². The Morgan fingerprint density at radius 3 is 2.69 bits per heavy atom. The van der Waals surface area contributed by atoms with Gasteiger partial charge in [-0.2, -0.15) is 0 Å². The van der Waals surface area contributed by atoms with E-state index in [-0.39, 0.29) is 10.7 Å². The van der Waals surface area contributed by atoms with Gasteiger partial charge in [0.15, 0.2) is 0 Å². The normalized spacial score (nSPS) is 10.9. The zero-order valence-corrected chi connectivity index (χ0v) is 10.7. The van der Waals surface area contributed by atoms with Gasteiger partial charge in [0.2, 0.25) is 0 Å². The first kappa shape index (κ1) is 11.6. The molecule has 72 valence electrons. The van der Waals surface area contributed by atoms with Crippen LogP contribution in [-0.4, -0.2) is 4.98 Å². The fourth-order valence-electron chi connectivity index (χ4n) is 0.797. The van der Waals surface area contributed by atoms with Gasteiger partial charge in [0.05, 0.1) is 9.26 Å². The molecule has 0 atom stereocenters. The van der Waals surface area contributed by atoms with Crippen molar-refractivity contribution in [3.05, 3.63) is 26.0 Å². The Morgan fingerprint density at radius 2 is 2.23 bits per heavy atom. The van der Waals surface area contributed by atoms with Gasteiger partial charge in [-0.1, -0.05) is 27.5 Å². The summed E-state index contributed by atoms with van der Waals surface area (Å²) in [6.07, 6.45) is -2.51. The second-order valence-corrected chi connectivity index (χ2v) is 4.24. The molecule has 1 nitrogen and oxygen atoms in total. The predicted molar refractivity (Wildman–Crippen MR) is 59.6 cm³/mol. The third-order valence-corrected chi connectivity index (χ3v) is 3.67. The zero-order valence-electron chi connectivity index (χ0n) is 6.20. The molecule has 0 amide bonds. The van der Waals surface area contributed by atoms with Crippen molar-refractivity contribution in [3.8, 4) is 0 Å². The number of hydrogen-bond acceptors (Lipinski definition) is 1. The van der Waals surface area contributed by atoms with Crippen LogP contribution in [0.25, 0.3) is 0 Å². The lowest BCUT2D eigenvalue weighted by Gasteiger charge is -2.06. The maximum absolute atomic E-state index is 12.4. The van der Waals surface area contributed by atoms with Crippen molar-refractivity contribution in [1.29, 1.82) is 0 Å². The fourth-order valence-corrected chi connectivity index (χ4v) is 1.81. The number of nitrogens with zero attached hydrogens (tertiary/aromatic N) is 1. The Morgan fingerprint density at radius 1 is 1.62 bits per heavy atom. The summed E-state index contributed by atoms with van der Waals surface area (Å²) < 4.78 is 25.2. The topological polar surface area (TPSA) is 12.9 Å². The molecule has 0 aliphatic carbocycles. The van der Waals surface area contributed by atoms with Gasteiger partial charge in [-0.05, 0) is 28.7 Å². The Kier molecular flexibility index (Phi) is 4.31. The first-order valence-electron chi connectivity index (χ1n) is 3.25. The molecule has 0 unspecified atom stereocenters. The van der Waals surface area contributed by atoms with Crippen molar-refractivity contribution in [2.75, 3.05) is 0 Å². The SMILES string of the molecule is FC(F)c1cc(CBr)nc(Cl)c1I. The molecule has 0 saturated carbocycles. The van der Waals surface area contributed by atoms with Gasteiger partial charge in [0.25, 0.3) is 6.43 Å². The molecule has 0 N–H and O–H groups in total. The molecule has 0 bridgehead atoms. The Hall–Kier alpha value is 0.510. The van der Waals surface area contributed by atoms with Gasteiger partial charge in [0, 0.05) is 10.9 Å². The highest BCUT2D eigenvalue weighted by Gasteiger charge is 2.16. The van der Waals surface area contributed by atoms with E-state index in [1.165, 1.54) is 6.07 Å². The molecular formula is C7H4BrClF2IN. The largest absolute Gasteiger partial charge is 0.265 e. The fraction of sp³-hybridized carbons (Fsp3) is 0.286. The van der Waals surface area contributed by atoms with Crippen LogP contribution in [0, 0.1) is 3.57 Å². The molecule has 0 aliphatic heterocycles. The van der Waals surface area contributed by atoms with Gasteiger partial charge < -0.3 is 0 Å². The van der Waals surface area contributed by atoms with Crippen LogP contribution in [0.2, 0.25) is 5.15 Å². The highest BCUT2D eigenvalue weighted by atomic mass is 127. The first-order chi connectivity index (χ1) is 6.06. The third kappa shape index (κ3) is 2.73. The van der Waals surface area contributed by atoms with Crippen LogP contribution in [0.5, 0.6) is 0 Å². The summed E-state index contributed by atoms with van der Waals surface area (Å²) >= 11 is 10.6. The Bertz CT molecular complexity index is 322. The van der Waals surface area contributed by atoms with Crippen LogP contribution in [0.15, 0.2) is 6.07 Å². The van der Waals surface area contributed by atoms with Crippen molar-refractivity contribution in [2.45, 2.75) is 11.8 Å². The van der Waals surface area contributed by atoms with E-state index >= 15 is 0 Å². The number of alkyl halides is 3. The molecule has 0 radical (unpaired) electrons. The number of pyridine rings is 1. The Balaban J connectivity index is 3.25. The van der Waals surface area contributed by atoms with Crippen LogP contribution >= 0.6 is 50.1 Å². The van der Waals surface area contributed by atoms with E-state index < -0.39 is 6.43 Å². The minimum Gasteiger partial charge on any atom is -0.239 e. The summed E-state index contributed by atoms with van der Waals surface area (Å²) in [6, 6.07) is 1.35. The van der Waals surface area contributed by atoms with Crippen molar-refractivity contribution in [3.63, 3.8) is 0 Å². The average Bonchev–Trinajstić information content (AvgIpc) is 2.09. The van der Waals surface area contributed by atoms with Crippen LogP contribution in [0.1, 0.15) is 17.7 Å². The van der Waals surface area contributed by atoms with E-state index in [0.29, 0.717) is 14.6 Å². The maximum atomic E-state index is 12.4. The molecule has 0 saturated heterocycles. The quantitative estimate of drug-likeness (QED) is 0.425. The number of hydrogen-bond donors (Lipinski definition) is 0. The predicted octanol–water partition coefficient (Wildman–Crippen LogP) is 4.17. The van der Waals surface area contributed by atoms with E-state index in [0.717, 1.165) is 0 Å². The first-order valence-corrected chi connectivity index (χ1v) is 5.83. The third-order valence-electron chi connectivity index (χ3n) is 1.37. The summed E-state index contributed by atoms with van der Waals surface area (Å²) in [5, 5.41) is 0.552. The number of halogens is 5. The maximum Gasteiger partial charge on any atom is 0.265 e. The van der Waals surface area contributed by atoms with Crippen LogP contribution in [-0.2, 0) is 5.33 Å². The van der Waals surface area contributed by atoms with E-state index in [1.807, 2.05) is 0 Å². The number of rotatable bonds is 2. The summed E-state index contributed by atoms with van der Waals surface area (Å²) in [5.41, 5.74) is 0.454. The standard InChI is InChI=1S/C7H4BrClF2IN/c8-2-3-1-4(7(10)11)5(12)6(9)13-3/h1,7H,2H2. The molecule has 0 aliphatic rings. The van der Waals surface area contributed by atoms with Gasteiger partial charge >= 0.3 is 0 Å². The zero-order chi connectivity index (χ0) is 10.0. The minimum absolute atomic E-state index is 0.0601. The van der Waals surface area contributed by atoms with Gasteiger partial charge in [0.1, 0.15) is 5.15 Å². The van der Waals surface area contributed by atoms with E-state index in [2.05, 4.69) is 20.9 Å². The molecule has 1 aromatic heterocycles. The van der Waals surface area contributed by atoms with Crippen molar-refractivity contribution >= 4 is 50.1 Å². The van der Waals surface area contributed by atoms with Gasteiger partial charge in [-0.3, -0.25) is 0 Å². The van der Waals surface area contributed by atoms with Crippen LogP contribution in [0.3, 0.4) is 0 Å². The summed E-state index contributed by atoms with van der Waals surface area (Å²) in [5.74, 6) is 0. The molecular weight excluding hydrogens is 378 g/mol. The lowest BCUT2D eigenvalue weighted by atomic mass is 10.2. The minimum atomic E-state index is -2.51. The highest BCUT2D eigenvalue weighted by Crippen LogP contribution is 2.29. The molecule has 13 heavy (non-hydrogen) atoms. The summed E-state index contributed by atoms with van der Waals surface area (Å²) in [6.45, 7) is 0. The summed E-state index contributed by atoms with van der Waals surface area (Å²) in [7, 11) is 0. The van der Waals surface area contributed by atoms with Crippen molar-refractivity contribution in [1.82, 2.24) is 4.98 Å².